The molecule has 9 aromatic heterocycles. The van der Waals surface area contributed by atoms with Crippen molar-refractivity contribution in [2.75, 3.05) is 60.8 Å². The maximum absolute atomic E-state index is 14.6. The van der Waals surface area contributed by atoms with Crippen molar-refractivity contribution in [1.29, 1.82) is 0 Å². The molecule has 2 N–H and O–H groups in total. The summed E-state index contributed by atoms with van der Waals surface area (Å²) in [5.74, 6) is 0.915. The number of fused-ring (bicyclic) bond motifs is 6. The van der Waals surface area contributed by atoms with Crippen LogP contribution in [0.4, 0.5) is 22.8 Å². The first-order valence-corrected chi connectivity index (χ1v) is 42.2. The molecule has 3 aliphatic rings. The van der Waals surface area contributed by atoms with E-state index >= 15 is 0 Å². The van der Waals surface area contributed by atoms with Crippen LogP contribution in [0.3, 0.4) is 0 Å². The minimum absolute atomic E-state index is 0. The molecule has 0 saturated carbocycles. The molecule has 0 spiro atoms. The Bertz CT molecular complexity index is 6750. The van der Waals surface area contributed by atoms with E-state index in [-0.39, 0.29) is 60.0 Å². The zero-order chi connectivity index (χ0) is 89.5. The number of imidazole rings is 3. The van der Waals surface area contributed by atoms with Crippen molar-refractivity contribution < 1.29 is 46.4 Å². The number of carbonyl (C=O) groups excluding carboxylic acids is 2. The summed E-state index contributed by atoms with van der Waals surface area (Å²) in [6.45, 7) is 27.9. The fourth-order valence-corrected chi connectivity index (χ4v) is 16.3. The highest BCUT2D eigenvalue weighted by Gasteiger charge is 2.35. The van der Waals surface area contributed by atoms with Crippen molar-refractivity contribution in [3.05, 3.63) is 267 Å². The van der Waals surface area contributed by atoms with Crippen molar-refractivity contribution in [2.45, 2.75) is 153 Å². The van der Waals surface area contributed by atoms with Crippen LogP contribution < -0.4 is 22.4 Å². The second-order valence-electron chi connectivity index (χ2n) is 33.4. The van der Waals surface area contributed by atoms with E-state index in [0.717, 1.165) is 102 Å². The van der Waals surface area contributed by atoms with Gasteiger partial charge in [0, 0.05) is 141 Å². The molecule has 6 aromatic carbocycles. The van der Waals surface area contributed by atoms with Crippen LogP contribution in [0.2, 0.25) is 0 Å². The van der Waals surface area contributed by atoms with Gasteiger partial charge in [0.1, 0.15) is 46.1 Å². The van der Waals surface area contributed by atoms with Crippen LogP contribution in [0.15, 0.2) is 166 Å². The number of rotatable bonds is 17. The molecule has 3 aliphatic heterocycles. The third-order valence-corrected chi connectivity index (χ3v) is 22.5. The zero-order valence-corrected chi connectivity index (χ0v) is 75.9. The lowest BCUT2D eigenvalue weighted by molar-refractivity contribution is 0.0213. The fourth-order valence-electron chi connectivity index (χ4n) is 15.9. The van der Waals surface area contributed by atoms with Gasteiger partial charge in [0.15, 0.2) is 0 Å². The average molecular weight is 1820 g/mol. The number of ether oxygens (including phenoxy) is 5. The monoisotopic (exact) mass is 1820 g/mol. The molecule has 0 unspecified atom stereocenters. The van der Waals surface area contributed by atoms with Crippen LogP contribution >= 0.6 is 28.3 Å². The van der Waals surface area contributed by atoms with E-state index in [1.165, 1.54) is 9.13 Å². The molecule has 0 atom stereocenters. The molecule has 12 heterocycles. The number of amides is 2. The lowest BCUT2D eigenvalue weighted by atomic mass is 10.1. The smallest absolute Gasteiger partial charge is 0.410 e. The van der Waals surface area contributed by atoms with Gasteiger partial charge in [-0.3, -0.25) is 36.9 Å². The van der Waals surface area contributed by atoms with E-state index < -0.39 is 23.4 Å². The zero-order valence-electron chi connectivity index (χ0n) is 73.5. The normalized spacial score (nSPS) is 13.2. The molecular formula is C91H102BrClF3N21O10. The number of aromatic amines is 1. The predicted octanol–water partition coefficient (Wildman–Crippen LogP) is 14.3. The molecule has 0 bridgehead atoms. The van der Waals surface area contributed by atoms with Crippen LogP contribution in [-0.4, -0.2) is 180 Å². The summed E-state index contributed by atoms with van der Waals surface area (Å²) < 4.78 is 89.5. The number of methoxy groups -OCH3 is 3. The molecule has 36 heteroatoms. The van der Waals surface area contributed by atoms with Gasteiger partial charge in [-0.25, -0.2) is 51.2 Å². The quantitative estimate of drug-likeness (QED) is 0.0856. The van der Waals surface area contributed by atoms with Crippen molar-refractivity contribution in [3.63, 3.8) is 0 Å². The van der Waals surface area contributed by atoms with Crippen LogP contribution in [0.25, 0.3) is 78.6 Å². The molecule has 0 fully saturated rings. The van der Waals surface area contributed by atoms with Gasteiger partial charge in [0.05, 0.1) is 133 Å². The minimum atomic E-state index is -0.650. The Hall–Kier alpha value is -12.7. The maximum Gasteiger partial charge on any atom is 0.410 e. The summed E-state index contributed by atoms with van der Waals surface area (Å²) in [5.41, 5.74) is 12.4. The van der Waals surface area contributed by atoms with E-state index in [1.807, 2.05) is 104 Å². The molecule has 0 saturated heterocycles. The number of benzene rings is 6. The van der Waals surface area contributed by atoms with E-state index in [2.05, 4.69) is 53.7 Å². The standard InChI is InChI=1S/C32H36FN7O4.C27H28FN7O2.C22H26FN5O3.C10H11BrN2O.ClH/c1-20-15-24(16-21(2)28(20)33)40-29(25-19-36(10-9-26(25)35-40)31(42)44-32(3,4)5)38-12-11-37(30(38)41)23-7-8-27-22(17-23)18-34-39(27)13-14-43-6;1-17-12-21(13-18(2)25(17)28)35-26(22-16-29-7-6-23(22)31-35)33-9-8-32(27(33)36)20-4-5-24-19(14-20)15-30-34(24)10-11-37-3;1-13-10-15(11-14(2)18(13)23)28-19(27-9-7-24-20(27)29)16-12-26(8-6-17(16)25-28)21(30)31-22(3,4)5;1-14-5-4-13-10-3-2-9(11)6-8(10)7-12-13;/h7-8,11-12,15-18H,9-10,13-14,19H2,1-6H3;4-5,8-9,12-15,29H,6-7,10-11,16H2,1-3H3;7,9-11H,6,8,12H2,1-5H3,(H,24,29);2-3,6-7H,4-5H2,1H3;1H. The highest BCUT2D eigenvalue weighted by Crippen LogP contribution is 2.35. The van der Waals surface area contributed by atoms with Crippen molar-refractivity contribution in [2.24, 2.45) is 0 Å². The first kappa shape index (κ1) is 90.6. The van der Waals surface area contributed by atoms with E-state index in [0.29, 0.717) is 133 Å². The van der Waals surface area contributed by atoms with E-state index in [1.54, 1.807) is 186 Å². The Morgan fingerprint density at radius 3 is 1.17 bits per heavy atom. The summed E-state index contributed by atoms with van der Waals surface area (Å²) in [7, 11) is 5.01. The van der Waals surface area contributed by atoms with Crippen molar-refractivity contribution in [1.82, 2.24) is 102 Å². The van der Waals surface area contributed by atoms with Crippen molar-refractivity contribution >= 4 is 73.2 Å². The number of aryl methyl sites for hydroxylation is 6. The summed E-state index contributed by atoms with van der Waals surface area (Å²) in [6, 6.07) is 28.1. The van der Waals surface area contributed by atoms with Crippen molar-refractivity contribution in [3.8, 4) is 45.9 Å². The first-order chi connectivity index (χ1) is 60.3. The second-order valence-corrected chi connectivity index (χ2v) is 34.4. The summed E-state index contributed by atoms with van der Waals surface area (Å²) in [4.78, 5) is 71.9. The van der Waals surface area contributed by atoms with Crippen LogP contribution in [0.5, 0.6) is 0 Å². The fraction of sp³-hybridized carbons (Fsp3) is 0.352. The molecular weight excluding hydrogens is 1720 g/mol. The Morgan fingerprint density at radius 1 is 0.449 bits per heavy atom. The summed E-state index contributed by atoms with van der Waals surface area (Å²) in [5, 5.41) is 34.1. The van der Waals surface area contributed by atoms with Gasteiger partial charge in [-0.15, -0.1) is 12.4 Å². The predicted molar refractivity (Wildman–Crippen MR) is 482 cm³/mol. The lowest BCUT2D eigenvalue weighted by Gasteiger charge is -2.29. The molecule has 0 aliphatic carbocycles. The van der Waals surface area contributed by atoms with Gasteiger partial charge in [-0.1, -0.05) is 15.9 Å². The lowest BCUT2D eigenvalue weighted by Crippen LogP contribution is -2.40. The number of hydrogen-bond acceptors (Lipinski definition) is 17. The van der Waals surface area contributed by atoms with E-state index in [9.17, 15) is 37.1 Å². The van der Waals surface area contributed by atoms with Crippen LogP contribution in [-0.2, 0) is 82.2 Å². The van der Waals surface area contributed by atoms with Gasteiger partial charge in [0.25, 0.3) is 0 Å². The third-order valence-electron chi connectivity index (χ3n) is 22.0. The maximum atomic E-state index is 14.6. The third kappa shape index (κ3) is 18.9. The SMILES string of the molecule is COCCn1ncc2cc(-n3ccn(-c4c5c(nn4-c4cc(C)c(F)c(C)c4)CCN(C(=O)OC(C)(C)C)C5)c3=O)ccc21.COCCn1ncc2cc(-n3ccn(-c4c5c(nn4-c4cc(C)c(F)c(C)c4)CCNC5)c3=O)ccc21.COCCn1ncc2cc(Br)ccc21.Cc1cc(-n2nc3c(c2-n2cc[nH]c2=O)CN(C(=O)OC(C)(C)C)CC3)cc(C)c1F.Cl. The Labute approximate surface area is 743 Å². The Balaban J connectivity index is 0.000000144. The largest absolute Gasteiger partial charge is 0.444 e. The summed E-state index contributed by atoms with van der Waals surface area (Å²) >= 11 is 3.43. The van der Waals surface area contributed by atoms with Crippen LogP contribution in [0.1, 0.15) is 109 Å². The highest BCUT2D eigenvalue weighted by atomic mass is 79.9. The number of hydrogen-bond donors (Lipinski definition) is 2. The molecule has 15 aromatic rings. The Morgan fingerprint density at radius 2 is 0.803 bits per heavy atom. The molecule has 31 nitrogen and oxygen atoms in total. The number of nitrogens with zero attached hydrogens (tertiary/aromatic N) is 19. The summed E-state index contributed by atoms with van der Waals surface area (Å²) in [6.07, 6.45) is 16.4. The van der Waals surface area contributed by atoms with Crippen LogP contribution in [0, 0.1) is 59.0 Å². The van der Waals surface area contributed by atoms with Gasteiger partial charge in [-0.05, 0) is 207 Å². The van der Waals surface area contributed by atoms with E-state index in [4.69, 9.17) is 39.0 Å². The molecule has 0 radical (unpaired) electrons. The topological polar surface area (TPSA) is 297 Å². The van der Waals surface area contributed by atoms with Gasteiger partial charge < -0.3 is 43.8 Å². The second kappa shape index (κ2) is 37.5. The highest BCUT2D eigenvalue weighted by molar-refractivity contribution is 9.10. The molecule has 2 amide bonds. The first-order valence-electron chi connectivity index (χ1n) is 41.4. The number of H-pyrrole nitrogens is 1. The van der Waals surface area contributed by atoms with Gasteiger partial charge in [-0.2, -0.15) is 30.6 Å². The van der Waals surface area contributed by atoms with Gasteiger partial charge >= 0.3 is 29.3 Å². The van der Waals surface area contributed by atoms with Gasteiger partial charge in [0.2, 0.25) is 0 Å². The average Bonchev–Trinajstić information content (AvgIpc) is 1.59. The number of aromatic nitrogens is 18. The number of carbonyl (C=O) groups is 2. The molecule has 666 valence electrons. The Kier molecular flexibility index (Phi) is 26.7. The molecule has 127 heavy (non-hydrogen) atoms. The minimum Gasteiger partial charge on any atom is -0.444 e. The molecule has 18 rings (SSSR count). The number of nitrogens with one attached hydrogen (secondary N) is 2. The number of halogens is 5.